The Bertz CT molecular complexity index is 1410. The van der Waals surface area contributed by atoms with Gasteiger partial charge in [0.2, 0.25) is 0 Å². The number of benzene rings is 1. The fourth-order valence-corrected chi connectivity index (χ4v) is 3.44. The molecule has 3 aromatic heterocycles. The number of aromatic nitrogens is 3. The van der Waals surface area contributed by atoms with Crippen molar-refractivity contribution in [3.63, 3.8) is 0 Å². The van der Waals surface area contributed by atoms with E-state index in [1.54, 1.807) is 43.5 Å². The molecule has 0 saturated heterocycles. The van der Waals surface area contributed by atoms with Crippen LogP contribution in [0.25, 0.3) is 0 Å². The van der Waals surface area contributed by atoms with Crippen molar-refractivity contribution in [3.05, 3.63) is 102 Å². The van der Waals surface area contributed by atoms with Crippen molar-refractivity contribution in [2.24, 2.45) is 5.92 Å². The van der Waals surface area contributed by atoms with Gasteiger partial charge in [-0.2, -0.15) is 0 Å². The zero-order valence-corrected chi connectivity index (χ0v) is 21.2. The third-order valence-corrected chi connectivity index (χ3v) is 5.57. The van der Waals surface area contributed by atoms with Gasteiger partial charge in [-0.25, -0.2) is 19.7 Å². The highest BCUT2D eigenvalue weighted by Gasteiger charge is 2.22. The second kappa shape index (κ2) is 12.4. The third kappa shape index (κ3) is 7.86. The number of nitrogens with zero attached hydrogens (tertiary/aromatic N) is 3. The average molecular weight is 512 g/mol. The minimum atomic E-state index is -1.13. The summed E-state index contributed by atoms with van der Waals surface area (Å²) in [6.45, 7) is 4.41. The van der Waals surface area contributed by atoms with Crippen molar-refractivity contribution in [2.75, 3.05) is 11.9 Å². The summed E-state index contributed by atoms with van der Waals surface area (Å²) < 4.78 is 5.68. The Morgan fingerprint density at radius 1 is 0.947 bits per heavy atom. The lowest BCUT2D eigenvalue weighted by Crippen LogP contribution is -2.26. The van der Waals surface area contributed by atoms with Crippen LogP contribution in [0.4, 0.5) is 11.5 Å². The highest BCUT2D eigenvalue weighted by molar-refractivity contribution is 5.92. The highest BCUT2D eigenvalue weighted by atomic mass is 16.5. The Morgan fingerprint density at radius 3 is 2.42 bits per heavy atom. The fraction of sp³-hybridized carbons (Fsp3) is 0.207. The number of ether oxygens (including phenoxy) is 1. The maximum absolute atomic E-state index is 11.6. The summed E-state index contributed by atoms with van der Waals surface area (Å²) in [6, 6.07) is 21.7. The van der Waals surface area contributed by atoms with Gasteiger partial charge in [0, 0.05) is 35.9 Å². The van der Waals surface area contributed by atoms with E-state index in [0.717, 1.165) is 17.9 Å². The summed E-state index contributed by atoms with van der Waals surface area (Å²) in [5, 5.41) is 15.3. The Balaban J connectivity index is 0.000000204. The first-order valence-electron chi connectivity index (χ1n) is 12.3. The molecule has 1 fully saturated rings. The van der Waals surface area contributed by atoms with E-state index in [-0.39, 0.29) is 17.4 Å². The molecule has 0 radical (unpaired) electrons. The van der Waals surface area contributed by atoms with E-state index in [2.05, 4.69) is 25.6 Å². The quantitative estimate of drug-likeness (QED) is 0.281. The number of amides is 1. The van der Waals surface area contributed by atoms with Crippen molar-refractivity contribution in [3.8, 4) is 11.5 Å². The highest BCUT2D eigenvalue weighted by Crippen LogP contribution is 2.28. The van der Waals surface area contributed by atoms with Crippen LogP contribution in [0.3, 0.4) is 0 Å². The molecule has 9 heteroatoms. The second-order valence-corrected chi connectivity index (χ2v) is 8.89. The number of hydrogen-bond donors (Lipinski definition) is 3. The number of hydrogen-bond acceptors (Lipinski definition) is 7. The van der Waals surface area contributed by atoms with Crippen LogP contribution in [0.2, 0.25) is 0 Å². The minimum Gasteiger partial charge on any atom is -0.476 e. The fourth-order valence-electron chi connectivity index (χ4n) is 3.44. The Labute approximate surface area is 221 Å². The minimum absolute atomic E-state index is 0.0550. The van der Waals surface area contributed by atoms with Crippen molar-refractivity contribution in [1.29, 1.82) is 0 Å². The molecule has 1 aliphatic rings. The number of carboxylic acid groups (broad SMARTS) is 1. The van der Waals surface area contributed by atoms with Gasteiger partial charge in [-0.3, -0.25) is 4.79 Å². The third-order valence-electron chi connectivity index (χ3n) is 5.57. The summed E-state index contributed by atoms with van der Waals surface area (Å²) in [5.41, 5.74) is 2.78. The van der Waals surface area contributed by atoms with Crippen LogP contribution in [-0.2, 0) is 0 Å². The second-order valence-electron chi connectivity index (χ2n) is 8.89. The van der Waals surface area contributed by atoms with Crippen molar-refractivity contribution < 1.29 is 19.4 Å². The zero-order valence-electron chi connectivity index (χ0n) is 21.2. The summed E-state index contributed by atoms with van der Waals surface area (Å²) in [7, 11) is 0. The molecule has 3 N–H and O–H groups in total. The summed E-state index contributed by atoms with van der Waals surface area (Å²) in [4.78, 5) is 35.2. The van der Waals surface area contributed by atoms with Crippen LogP contribution in [0.5, 0.6) is 11.5 Å². The molecule has 1 saturated carbocycles. The number of aryl methyl sites for hydroxylation is 2. The average Bonchev–Trinajstić information content (AvgIpc) is 3.74. The standard InChI is InChI=1S/C18H15N3O3.C11H14N2O/c1-12-7-8-15(17(20-12)18(22)23)24-14-9-10-19-16(11-14)21-13-5-3-2-4-6-13;1-8-3-2-4-10(13-8)11(14)12-7-9-5-6-9/h2-11H,1H3,(H,19,21)(H,22,23);2-4,9H,5-7H2,1H3,(H,12,14). The lowest BCUT2D eigenvalue weighted by molar-refractivity contribution is 0.0687. The predicted octanol–water partition coefficient (Wildman–Crippen LogP) is 5.55. The first kappa shape index (κ1) is 26.3. The lowest BCUT2D eigenvalue weighted by Gasteiger charge is -2.10. The number of aromatic carboxylic acids is 1. The monoisotopic (exact) mass is 511 g/mol. The molecule has 1 aliphatic carbocycles. The van der Waals surface area contributed by atoms with Crippen LogP contribution in [0.1, 0.15) is 45.2 Å². The summed E-state index contributed by atoms with van der Waals surface area (Å²) in [5.74, 6) is 0.770. The molecule has 0 spiro atoms. The number of carbonyl (C=O) groups is 2. The van der Waals surface area contributed by atoms with Gasteiger partial charge < -0.3 is 20.5 Å². The van der Waals surface area contributed by atoms with E-state index < -0.39 is 5.97 Å². The number of rotatable bonds is 8. The van der Waals surface area contributed by atoms with Gasteiger partial charge in [0.15, 0.2) is 11.4 Å². The molecule has 1 amide bonds. The Kier molecular flexibility index (Phi) is 8.61. The molecular formula is C29H29N5O4. The number of anilines is 2. The maximum Gasteiger partial charge on any atom is 0.358 e. The van der Waals surface area contributed by atoms with Gasteiger partial charge in [-0.1, -0.05) is 24.3 Å². The van der Waals surface area contributed by atoms with Gasteiger partial charge in [-0.05, 0) is 75.1 Å². The normalized spacial score (nSPS) is 12.1. The summed E-state index contributed by atoms with van der Waals surface area (Å²) >= 11 is 0. The first-order chi connectivity index (χ1) is 18.4. The molecule has 4 aromatic rings. The van der Waals surface area contributed by atoms with Gasteiger partial charge in [0.25, 0.3) is 5.91 Å². The summed E-state index contributed by atoms with van der Waals surface area (Å²) in [6.07, 6.45) is 4.09. The molecule has 38 heavy (non-hydrogen) atoms. The Hall–Kier alpha value is -4.79. The molecule has 0 aliphatic heterocycles. The first-order valence-corrected chi connectivity index (χ1v) is 12.3. The molecular weight excluding hydrogens is 482 g/mol. The molecule has 5 rings (SSSR count). The van der Waals surface area contributed by atoms with Gasteiger partial charge in [0.05, 0.1) is 0 Å². The van der Waals surface area contributed by atoms with Gasteiger partial charge in [-0.15, -0.1) is 0 Å². The number of carbonyl (C=O) groups excluding carboxylic acids is 1. The van der Waals surface area contributed by atoms with E-state index in [9.17, 15) is 14.7 Å². The van der Waals surface area contributed by atoms with E-state index in [0.29, 0.717) is 28.9 Å². The molecule has 0 atom stereocenters. The topological polar surface area (TPSA) is 126 Å². The van der Waals surface area contributed by atoms with Gasteiger partial charge in [0.1, 0.15) is 17.3 Å². The number of nitrogens with one attached hydrogen (secondary N) is 2. The maximum atomic E-state index is 11.6. The largest absolute Gasteiger partial charge is 0.476 e. The lowest BCUT2D eigenvalue weighted by atomic mass is 10.3. The van der Waals surface area contributed by atoms with E-state index in [4.69, 9.17) is 4.74 Å². The van der Waals surface area contributed by atoms with E-state index >= 15 is 0 Å². The molecule has 0 bridgehead atoms. The smallest absolute Gasteiger partial charge is 0.358 e. The number of pyridine rings is 3. The van der Waals surface area contributed by atoms with Crippen molar-refractivity contribution in [2.45, 2.75) is 26.7 Å². The van der Waals surface area contributed by atoms with Crippen LogP contribution < -0.4 is 15.4 Å². The molecule has 1 aromatic carbocycles. The van der Waals surface area contributed by atoms with Crippen LogP contribution in [-0.4, -0.2) is 38.5 Å². The van der Waals surface area contributed by atoms with E-state index in [1.165, 1.54) is 12.8 Å². The SMILES string of the molecule is Cc1ccc(Oc2ccnc(Nc3ccccc3)c2)c(C(=O)O)n1.Cc1cccc(C(=O)NCC2CC2)n1. The van der Waals surface area contributed by atoms with Gasteiger partial charge >= 0.3 is 5.97 Å². The zero-order chi connectivity index (χ0) is 26.9. The molecule has 3 heterocycles. The molecule has 194 valence electrons. The molecule has 9 nitrogen and oxygen atoms in total. The van der Waals surface area contributed by atoms with Crippen molar-refractivity contribution >= 4 is 23.4 Å². The number of carboxylic acids is 1. The Morgan fingerprint density at radius 2 is 1.71 bits per heavy atom. The van der Waals surface area contributed by atoms with Crippen LogP contribution in [0, 0.1) is 19.8 Å². The predicted molar refractivity (Wildman–Crippen MR) is 144 cm³/mol. The van der Waals surface area contributed by atoms with Crippen LogP contribution >= 0.6 is 0 Å². The van der Waals surface area contributed by atoms with Crippen molar-refractivity contribution in [1.82, 2.24) is 20.3 Å². The van der Waals surface area contributed by atoms with Crippen LogP contribution in [0.15, 0.2) is 79.0 Å². The van der Waals surface area contributed by atoms with E-state index in [1.807, 2.05) is 49.4 Å². The number of para-hydroxylation sites is 1. The molecule has 0 unspecified atom stereocenters.